The SMILES string of the molecule is CC(C)(C)N[C@H]1CC[C@H](C(N)=O)CC1. The van der Waals surface area contributed by atoms with E-state index in [2.05, 4.69) is 26.1 Å². The summed E-state index contributed by atoms with van der Waals surface area (Å²) in [6.07, 6.45) is 4.04. The lowest BCUT2D eigenvalue weighted by Crippen LogP contribution is -2.46. The third-order valence-electron chi connectivity index (χ3n) is 2.77. The van der Waals surface area contributed by atoms with E-state index in [1.165, 1.54) is 0 Å². The molecule has 14 heavy (non-hydrogen) atoms. The number of amides is 1. The van der Waals surface area contributed by atoms with Gasteiger partial charge in [-0.2, -0.15) is 0 Å². The first-order valence-corrected chi connectivity index (χ1v) is 5.45. The molecule has 1 fully saturated rings. The lowest BCUT2D eigenvalue weighted by atomic mass is 9.85. The van der Waals surface area contributed by atoms with E-state index >= 15 is 0 Å². The molecular formula is C11H22N2O. The third kappa shape index (κ3) is 3.66. The molecule has 3 N–H and O–H groups in total. The summed E-state index contributed by atoms with van der Waals surface area (Å²) in [5, 5.41) is 3.57. The van der Waals surface area contributed by atoms with Crippen molar-refractivity contribution < 1.29 is 4.79 Å². The van der Waals surface area contributed by atoms with Crippen LogP contribution in [0.1, 0.15) is 46.5 Å². The molecule has 0 aromatic heterocycles. The summed E-state index contributed by atoms with van der Waals surface area (Å²) in [6.45, 7) is 6.52. The molecule has 0 atom stereocenters. The van der Waals surface area contributed by atoms with Crippen LogP contribution in [0.5, 0.6) is 0 Å². The van der Waals surface area contributed by atoms with E-state index in [1.807, 2.05) is 0 Å². The van der Waals surface area contributed by atoms with Gasteiger partial charge in [0.1, 0.15) is 0 Å². The molecule has 0 aromatic rings. The van der Waals surface area contributed by atoms with Crippen molar-refractivity contribution in [3.63, 3.8) is 0 Å². The smallest absolute Gasteiger partial charge is 0.220 e. The summed E-state index contributed by atoms with van der Waals surface area (Å²) in [7, 11) is 0. The highest BCUT2D eigenvalue weighted by Crippen LogP contribution is 2.25. The van der Waals surface area contributed by atoms with Gasteiger partial charge in [0.05, 0.1) is 0 Å². The number of carbonyl (C=O) groups excluding carboxylic acids is 1. The Morgan fingerprint density at radius 3 is 2.07 bits per heavy atom. The average Bonchev–Trinajstić information content (AvgIpc) is 2.02. The van der Waals surface area contributed by atoms with Gasteiger partial charge in [0.15, 0.2) is 0 Å². The quantitative estimate of drug-likeness (QED) is 0.705. The molecule has 1 aliphatic rings. The Morgan fingerprint density at radius 2 is 1.71 bits per heavy atom. The average molecular weight is 198 g/mol. The normalized spacial score (nSPS) is 28.8. The van der Waals surface area contributed by atoms with Crippen molar-refractivity contribution in [2.24, 2.45) is 11.7 Å². The summed E-state index contributed by atoms with van der Waals surface area (Å²) in [6, 6.07) is 0.561. The van der Waals surface area contributed by atoms with Crippen molar-refractivity contribution in [1.29, 1.82) is 0 Å². The van der Waals surface area contributed by atoms with E-state index in [0.29, 0.717) is 6.04 Å². The minimum Gasteiger partial charge on any atom is -0.369 e. The lowest BCUT2D eigenvalue weighted by Gasteiger charge is -2.33. The van der Waals surface area contributed by atoms with Crippen LogP contribution in [0.25, 0.3) is 0 Å². The van der Waals surface area contributed by atoms with Crippen molar-refractivity contribution in [2.75, 3.05) is 0 Å². The molecule has 0 bridgehead atoms. The van der Waals surface area contributed by atoms with Gasteiger partial charge in [-0.05, 0) is 46.5 Å². The van der Waals surface area contributed by atoms with E-state index in [4.69, 9.17) is 5.73 Å². The summed E-state index contributed by atoms with van der Waals surface area (Å²) >= 11 is 0. The molecule has 0 unspecified atom stereocenters. The van der Waals surface area contributed by atoms with E-state index < -0.39 is 0 Å². The fraction of sp³-hybridized carbons (Fsp3) is 0.909. The minimum atomic E-state index is -0.126. The first-order chi connectivity index (χ1) is 6.38. The second-order valence-electron chi connectivity index (χ2n) is 5.35. The zero-order valence-electron chi connectivity index (χ0n) is 9.47. The molecule has 3 heteroatoms. The summed E-state index contributed by atoms with van der Waals surface area (Å²) < 4.78 is 0. The highest BCUT2D eigenvalue weighted by atomic mass is 16.1. The zero-order valence-corrected chi connectivity index (χ0v) is 9.47. The standard InChI is InChI=1S/C11H22N2O/c1-11(2,3)13-9-6-4-8(5-7-9)10(12)14/h8-9,13H,4-7H2,1-3H3,(H2,12,14)/t8-,9-. The number of hydrogen-bond donors (Lipinski definition) is 2. The van der Waals surface area contributed by atoms with Gasteiger partial charge >= 0.3 is 0 Å². The van der Waals surface area contributed by atoms with Crippen molar-refractivity contribution in [1.82, 2.24) is 5.32 Å². The topological polar surface area (TPSA) is 55.1 Å². The van der Waals surface area contributed by atoms with Crippen LogP contribution in [0.2, 0.25) is 0 Å². The van der Waals surface area contributed by atoms with Crippen molar-refractivity contribution in [2.45, 2.75) is 58.0 Å². The van der Waals surface area contributed by atoms with Gasteiger partial charge in [-0.3, -0.25) is 4.79 Å². The number of carbonyl (C=O) groups is 1. The van der Waals surface area contributed by atoms with Crippen LogP contribution in [0.15, 0.2) is 0 Å². The Labute approximate surface area is 86.4 Å². The van der Waals surface area contributed by atoms with Gasteiger partial charge < -0.3 is 11.1 Å². The molecule has 3 nitrogen and oxygen atoms in total. The molecule has 1 rings (SSSR count). The maximum Gasteiger partial charge on any atom is 0.220 e. The van der Waals surface area contributed by atoms with E-state index in [-0.39, 0.29) is 17.4 Å². The largest absolute Gasteiger partial charge is 0.369 e. The molecule has 0 aromatic carbocycles. The van der Waals surface area contributed by atoms with Crippen LogP contribution in [0.4, 0.5) is 0 Å². The molecule has 0 saturated heterocycles. The fourth-order valence-electron chi connectivity index (χ4n) is 2.13. The van der Waals surface area contributed by atoms with Crippen molar-refractivity contribution in [3.05, 3.63) is 0 Å². The first kappa shape index (κ1) is 11.5. The van der Waals surface area contributed by atoms with Gasteiger partial charge in [0.25, 0.3) is 0 Å². The van der Waals surface area contributed by atoms with Gasteiger partial charge in [0, 0.05) is 17.5 Å². The predicted octanol–water partition coefficient (Wildman–Crippen LogP) is 1.42. The van der Waals surface area contributed by atoms with Crippen molar-refractivity contribution >= 4 is 5.91 Å². The maximum atomic E-state index is 10.9. The van der Waals surface area contributed by atoms with Crippen LogP contribution in [-0.4, -0.2) is 17.5 Å². The highest BCUT2D eigenvalue weighted by Gasteiger charge is 2.26. The van der Waals surface area contributed by atoms with Gasteiger partial charge in [-0.1, -0.05) is 0 Å². The van der Waals surface area contributed by atoms with Crippen LogP contribution < -0.4 is 11.1 Å². The first-order valence-electron chi connectivity index (χ1n) is 5.45. The molecule has 0 spiro atoms. The van der Waals surface area contributed by atoms with Crippen LogP contribution >= 0.6 is 0 Å². The molecule has 0 heterocycles. The minimum absolute atomic E-state index is 0.119. The van der Waals surface area contributed by atoms with Gasteiger partial charge in [0.2, 0.25) is 5.91 Å². The summed E-state index contributed by atoms with van der Waals surface area (Å²) in [4.78, 5) is 10.9. The second kappa shape index (κ2) is 4.30. The molecule has 82 valence electrons. The Hall–Kier alpha value is -0.570. The molecule has 1 aliphatic carbocycles. The number of rotatable bonds is 2. The Bertz CT molecular complexity index is 200. The zero-order chi connectivity index (χ0) is 10.8. The fourth-order valence-corrected chi connectivity index (χ4v) is 2.13. The summed E-state index contributed by atoms with van der Waals surface area (Å²) in [5.41, 5.74) is 5.45. The maximum absolute atomic E-state index is 10.9. The summed E-state index contributed by atoms with van der Waals surface area (Å²) in [5.74, 6) is -0.00720. The van der Waals surface area contributed by atoms with Crippen molar-refractivity contribution in [3.8, 4) is 0 Å². The Balaban J connectivity index is 2.33. The van der Waals surface area contributed by atoms with Crippen LogP contribution in [0, 0.1) is 5.92 Å². The lowest BCUT2D eigenvalue weighted by molar-refractivity contribution is -0.122. The number of hydrogen-bond acceptors (Lipinski definition) is 2. The molecule has 0 aliphatic heterocycles. The third-order valence-corrected chi connectivity index (χ3v) is 2.77. The van der Waals surface area contributed by atoms with Crippen LogP contribution in [0.3, 0.4) is 0 Å². The highest BCUT2D eigenvalue weighted by molar-refractivity contribution is 5.76. The molecule has 0 radical (unpaired) electrons. The molecule has 1 amide bonds. The molecule has 1 saturated carbocycles. The predicted molar refractivity (Wildman–Crippen MR) is 57.8 cm³/mol. The van der Waals surface area contributed by atoms with Gasteiger partial charge in [-0.15, -0.1) is 0 Å². The Morgan fingerprint density at radius 1 is 1.21 bits per heavy atom. The second-order valence-corrected chi connectivity index (χ2v) is 5.35. The Kier molecular flexibility index (Phi) is 3.53. The molecular weight excluding hydrogens is 176 g/mol. The van der Waals surface area contributed by atoms with E-state index in [1.54, 1.807) is 0 Å². The van der Waals surface area contributed by atoms with E-state index in [0.717, 1.165) is 25.7 Å². The number of nitrogens with one attached hydrogen (secondary N) is 1. The monoisotopic (exact) mass is 198 g/mol. The van der Waals surface area contributed by atoms with E-state index in [9.17, 15) is 4.79 Å². The van der Waals surface area contributed by atoms with Gasteiger partial charge in [-0.25, -0.2) is 0 Å². The number of nitrogens with two attached hydrogens (primary N) is 1. The number of primary amides is 1. The van der Waals surface area contributed by atoms with Crippen LogP contribution in [-0.2, 0) is 4.79 Å².